The van der Waals surface area contributed by atoms with Gasteiger partial charge in [0.2, 0.25) is 0 Å². The largest absolute Gasteiger partial charge is 0.298 e. The van der Waals surface area contributed by atoms with Gasteiger partial charge in [-0.2, -0.15) is 0 Å². The molecule has 0 saturated heterocycles. The monoisotopic (exact) mass is 310 g/mol. The molecule has 1 atom stereocenters. The average molecular weight is 311 g/mol. The van der Waals surface area contributed by atoms with E-state index in [0.717, 1.165) is 6.42 Å². The molecule has 1 unspecified atom stereocenters. The molecule has 0 aliphatic carbocycles. The second-order valence-corrected chi connectivity index (χ2v) is 7.28. The fourth-order valence-corrected chi connectivity index (χ4v) is 2.71. The van der Waals surface area contributed by atoms with Crippen molar-refractivity contribution < 1.29 is 4.79 Å². The maximum absolute atomic E-state index is 11.8. The summed E-state index contributed by atoms with van der Waals surface area (Å²) in [4.78, 5) is 11.8. The summed E-state index contributed by atoms with van der Waals surface area (Å²) in [5.41, 5.74) is 2.71. The van der Waals surface area contributed by atoms with Gasteiger partial charge in [0.05, 0.1) is 4.83 Å². The minimum Gasteiger partial charge on any atom is -0.298 e. The van der Waals surface area contributed by atoms with E-state index in [0.29, 0.717) is 0 Å². The van der Waals surface area contributed by atoms with E-state index >= 15 is 0 Å². The van der Waals surface area contributed by atoms with Gasteiger partial charge in [0, 0.05) is 5.92 Å². The summed E-state index contributed by atoms with van der Waals surface area (Å²) in [7, 11) is 0. The fraction of sp³-hybridized carbons (Fsp3) is 0.562. The highest BCUT2D eigenvalue weighted by Gasteiger charge is 2.19. The first kappa shape index (κ1) is 15.4. The first-order chi connectivity index (χ1) is 8.21. The molecule has 0 aliphatic rings. The van der Waals surface area contributed by atoms with Crippen LogP contribution in [0.1, 0.15) is 45.7 Å². The van der Waals surface area contributed by atoms with E-state index in [4.69, 9.17) is 0 Å². The minimum absolute atomic E-state index is 0.0713. The van der Waals surface area contributed by atoms with Gasteiger partial charge >= 0.3 is 0 Å². The minimum atomic E-state index is -0.0713. The number of halogens is 1. The number of Topliss-reactive ketones (excluding diaryl/α,β-unsaturated/α-hetero) is 1. The highest BCUT2D eigenvalue weighted by atomic mass is 79.9. The molecule has 0 amide bonds. The van der Waals surface area contributed by atoms with Gasteiger partial charge in [0.15, 0.2) is 0 Å². The molecule has 0 aromatic heterocycles. The number of alkyl halides is 1. The highest BCUT2D eigenvalue weighted by Crippen LogP contribution is 2.23. The van der Waals surface area contributed by atoms with Crippen LogP contribution in [0.4, 0.5) is 0 Å². The third-order valence-corrected chi connectivity index (χ3v) is 3.89. The molecule has 0 fully saturated rings. The van der Waals surface area contributed by atoms with Crippen LogP contribution in [0.25, 0.3) is 0 Å². The van der Waals surface area contributed by atoms with Crippen molar-refractivity contribution in [1.82, 2.24) is 0 Å². The lowest BCUT2D eigenvalue weighted by atomic mass is 9.86. The predicted octanol–water partition coefficient (Wildman–Crippen LogP) is 4.52. The Bertz CT molecular complexity index is 398. The lowest BCUT2D eigenvalue weighted by molar-refractivity contribution is -0.121. The molecule has 1 nitrogen and oxygen atoms in total. The molecule has 0 saturated carbocycles. The zero-order valence-electron chi connectivity index (χ0n) is 12.0. The van der Waals surface area contributed by atoms with E-state index in [1.54, 1.807) is 0 Å². The van der Waals surface area contributed by atoms with Gasteiger partial charge in [-0.15, -0.1) is 0 Å². The molecule has 100 valence electrons. The number of rotatable bonds is 4. The Morgan fingerprint density at radius 2 is 1.67 bits per heavy atom. The van der Waals surface area contributed by atoms with Gasteiger partial charge in [0.1, 0.15) is 5.78 Å². The maximum atomic E-state index is 11.8. The SMILES string of the molecule is CC(C)C(=O)C(Br)Cc1ccc(C(C)(C)C)cc1. The van der Waals surface area contributed by atoms with Crippen molar-refractivity contribution in [2.24, 2.45) is 5.92 Å². The van der Waals surface area contributed by atoms with Crippen molar-refractivity contribution in [2.75, 3.05) is 0 Å². The summed E-state index contributed by atoms with van der Waals surface area (Å²) in [6, 6.07) is 8.58. The molecule has 1 rings (SSSR count). The molecule has 18 heavy (non-hydrogen) atoms. The molecule has 1 aromatic carbocycles. The molecule has 0 N–H and O–H groups in total. The lowest BCUT2D eigenvalue weighted by Gasteiger charge is -2.19. The molecule has 1 aromatic rings. The Labute approximate surface area is 119 Å². The molecule has 0 spiro atoms. The Kier molecular flexibility index (Phi) is 5.15. The van der Waals surface area contributed by atoms with Crippen LogP contribution in [0.15, 0.2) is 24.3 Å². The maximum Gasteiger partial charge on any atom is 0.149 e. The normalized spacial score (nSPS) is 13.7. The quantitative estimate of drug-likeness (QED) is 0.747. The van der Waals surface area contributed by atoms with E-state index in [1.165, 1.54) is 11.1 Å². The predicted molar refractivity (Wildman–Crippen MR) is 81.4 cm³/mol. The molecular weight excluding hydrogens is 288 g/mol. The van der Waals surface area contributed by atoms with Gasteiger partial charge in [-0.3, -0.25) is 4.79 Å². The van der Waals surface area contributed by atoms with E-state index < -0.39 is 0 Å². The van der Waals surface area contributed by atoms with Crippen LogP contribution in [0.5, 0.6) is 0 Å². The van der Waals surface area contributed by atoms with Gasteiger partial charge in [-0.05, 0) is 23.0 Å². The molecular formula is C16H23BrO. The fourth-order valence-electron chi connectivity index (χ4n) is 1.81. The third kappa shape index (κ3) is 4.24. The van der Waals surface area contributed by atoms with Gasteiger partial charge in [-0.1, -0.05) is 74.8 Å². The highest BCUT2D eigenvalue weighted by molar-refractivity contribution is 9.10. The van der Waals surface area contributed by atoms with Crippen molar-refractivity contribution >= 4 is 21.7 Å². The van der Waals surface area contributed by atoms with Gasteiger partial charge in [0.25, 0.3) is 0 Å². The Morgan fingerprint density at radius 1 is 1.17 bits per heavy atom. The van der Waals surface area contributed by atoms with Gasteiger partial charge < -0.3 is 0 Å². The summed E-state index contributed by atoms with van der Waals surface area (Å²) in [5.74, 6) is 0.359. The number of benzene rings is 1. The van der Waals surface area contributed by atoms with Crippen LogP contribution >= 0.6 is 15.9 Å². The summed E-state index contributed by atoms with van der Waals surface area (Å²) in [6.07, 6.45) is 0.765. The van der Waals surface area contributed by atoms with Crippen LogP contribution in [0.2, 0.25) is 0 Å². The third-order valence-electron chi connectivity index (χ3n) is 3.11. The summed E-state index contributed by atoms with van der Waals surface area (Å²) in [5, 5.41) is 0. The van der Waals surface area contributed by atoms with Crippen molar-refractivity contribution in [1.29, 1.82) is 0 Å². The molecule has 0 bridgehead atoms. The molecule has 2 heteroatoms. The smallest absolute Gasteiger partial charge is 0.149 e. The average Bonchev–Trinajstić information content (AvgIpc) is 2.27. The Hall–Kier alpha value is -0.630. The van der Waals surface area contributed by atoms with Crippen molar-refractivity contribution in [3.63, 3.8) is 0 Å². The molecule has 0 radical (unpaired) electrons. The van der Waals surface area contributed by atoms with Gasteiger partial charge in [-0.25, -0.2) is 0 Å². The van der Waals surface area contributed by atoms with E-state index in [1.807, 2.05) is 13.8 Å². The summed E-state index contributed by atoms with van der Waals surface area (Å²) < 4.78 is 0. The van der Waals surface area contributed by atoms with Crippen LogP contribution in [0.3, 0.4) is 0 Å². The zero-order chi connectivity index (χ0) is 13.9. The lowest BCUT2D eigenvalue weighted by Crippen LogP contribution is -2.21. The Morgan fingerprint density at radius 3 is 2.06 bits per heavy atom. The van der Waals surface area contributed by atoms with Crippen molar-refractivity contribution in [2.45, 2.75) is 51.3 Å². The van der Waals surface area contributed by atoms with Crippen molar-refractivity contribution in [3.8, 4) is 0 Å². The summed E-state index contributed by atoms with van der Waals surface area (Å²) in [6.45, 7) is 10.5. The molecule has 0 heterocycles. The van der Waals surface area contributed by atoms with Crippen molar-refractivity contribution in [3.05, 3.63) is 35.4 Å². The second-order valence-electron chi connectivity index (χ2n) is 6.18. The number of hydrogen-bond donors (Lipinski definition) is 0. The topological polar surface area (TPSA) is 17.1 Å². The zero-order valence-corrected chi connectivity index (χ0v) is 13.5. The first-order valence-corrected chi connectivity index (χ1v) is 7.40. The standard InChI is InChI=1S/C16H23BrO/c1-11(2)15(18)14(17)10-12-6-8-13(9-7-12)16(3,4)5/h6-9,11,14H,10H2,1-5H3. The number of carbonyl (C=O) groups is 1. The Balaban J connectivity index is 2.73. The van der Waals surface area contributed by atoms with Crippen LogP contribution < -0.4 is 0 Å². The molecule has 0 aliphatic heterocycles. The van der Waals surface area contributed by atoms with Crippen LogP contribution in [-0.2, 0) is 16.6 Å². The number of ketones is 1. The van der Waals surface area contributed by atoms with E-state index in [-0.39, 0.29) is 21.9 Å². The van der Waals surface area contributed by atoms with Crippen LogP contribution in [-0.4, -0.2) is 10.6 Å². The number of carbonyl (C=O) groups excluding carboxylic acids is 1. The van der Waals surface area contributed by atoms with Crippen LogP contribution in [0, 0.1) is 5.92 Å². The van der Waals surface area contributed by atoms with E-state index in [2.05, 4.69) is 61.0 Å². The van der Waals surface area contributed by atoms with E-state index in [9.17, 15) is 4.79 Å². The number of hydrogen-bond acceptors (Lipinski definition) is 1. The first-order valence-electron chi connectivity index (χ1n) is 6.49. The second kappa shape index (κ2) is 6.01. The summed E-state index contributed by atoms with van der Waals surface area (Å²) >= 11 is 3.49.